The summed E-state index contributed by atoms with van der Waals surface area (Å²) < 4.78 is 5.77. The van der Waals surface area contributed by atoms with Crippen LogP contribution in [0.25, 0.3) is 0 Å². The molecule has 2 N–H and O–H groups in total. The quantitative estimate of drug-likeness (QED) is 0.732. The van der Waals surface area contributed by atoms with Crippen molar-refractivity contribution in [1.82, 2.24) is 4.90 Å². The third-order valence-electron chi connectivity index (χ3n) is 4.06. The number of rotatable bonds is 8. The Balaban J connectivity index is 1.65. The van der Waals surface area contributed by atoms with E-state index in [0.29, 0.717) is 6.54 Å². The summed E-state index contributed by atoms with van der Waals surface area (Å²) in [7, 11) is 2.22. The lowest BCUT2D eigenvalue weighted by molar-refractivity contribution is 0.209. The molecule has 0 spiro atoms. The molecule has 0 aliphatic heterocycles. The van der Waals surface area contributed by atoms with Crippen LogP contribution in [0.5, 0.6) is 5.75 Å². The van der Waals surface area contributed by atoms with E-state index in [2.05, 4.69) is 18.9 Å². The summed E-state index contributed by atoms with van der Waals surface area (Å²) in [5.74, 6) is 1.87. The van der Waals surface area contributed by atoms with Gasteiger partial charge in [0, 0.05) is 19.1 Å². The van der Waals surface area contributed by atoms with Crippen molar-refractivity contribution < 1.29 is 4.74 Å². The van der Waals surface area contributed by atoms with E-state index in [1.54, 1.807) is 0 Å². The van der Waals surface area contributed by atoms with Crippen LogP contribution < -0.4 is 10.5 Å². The highest BCUT2D eigenvalue weighted by Crippen LogP contribution is 2.34. The van der Waals surface area contributed by atoms with Crippen molar-refractivity contribution in [2.45, 2.75) is 38.8 Å². The first-order chi connectivity index (χ1) is 9.20. The van der Waals surface area contributed by atoms with E-state index in [4.69, 9.17) is 10.5 Å². The summed E-state index contributed by atoms with van der Waals surface area (Å²) in [5, 5.41) is 0. The first-order valence-corrected chi connectivity index (χ1v) is 7.32. The molecule has 1 aliphatic rings. The highest BCUT2D eigenvalue weighted by Gasteiger charge is 2.29. The van der Waals surface area contributed by atoms with E-state index in [-0.39, 0.29) is 0 Å². The summed E-state index contributed by atoms with van der Waals surface area (Å²) in [4.78, 5) is 2.46. The first-order valence-electron chi connectivity index (χ1n) is 7.32. The molecule has 0 amide bonds. The van der Waals surface area contributed by atoms with Crippen LogP contribution in [0.3, 0.4) is 0 Å². The Labute approximate surface area is 116 Å². The number of hydrogen-bond donors (Lipinski definition) is 1. The summed E-state index contributed by atoms with van der Waals surface area (Å²) >= 11 is 0. The molecule has 1 atom stereocenters. The molecule has 1 unspecified atom stereocenters. The van der Waals surface area contributed by atoms with Gasteiger partial charge in [-0.25, -0.2) is 0 Å². The van der Waals surface area contributed by atoms with Crippen LogP contribution in [-0.2, 0) is 6.54 Å². The van der Waals surface area contributed by atoms with E-state index in [9.17, 15) is 0 Å². The highest BCUT2D eigenvalue weighted by atomic mass is 16.5. The molecule has 1 aromatic rings. The minimum absolute atomic E-state index is 0.568. The van der Waals surface area contributed by atoms with Gasteiger partial charge in [0.2, 0.25) is 0 Å². The van der Waals surface area contributed by atoms with Gasteiger partial charge < -0.3 is 15.4 Å². The van der Waals surface area contributed by atoms with E-state index in [0.717, 1.165) is 42.8 Å². The van der Waals surface area contributed by atoms with Gasteiger partial charge in [0.25, 0.3) is 0 Å². The van der Waals surface area contributed by atoms with Crippen molar-refractivity contribution in [3.8, 4) is 5.75 Å². The van der Waals surface area contributed by atoms with Gasteiger partial charge in [0.1, 0.15) is 5.75 Å². The zero-order chi connectivity index (χ0) is 13.7. The van der Waals surface area contributed by atoms with Gasteiger partial charge in [0.05, 0.1) is 6.61 Å². The number of ether oxygens (including phenoxy) is 1. The Morgan fingerprint density at radius 3 is 2.89 bits per heavy atom. The minimum Gasteiger partial charge on any atom is -0.494 e. The van der Waals surface area contributed by atoms with Crippen molar-refractivity contribution in [2.75, 3.05) is 20.2 Å². The van der Waals surface area contributed by atoms with Gasteiger partial charge >= 0.3 is 0 Å². The van der Waals surface area contributed by atoms with Crippen molar-refractivity contribution in [3.05, 3.63) is 29.8 Å². The monoisotopic (exact) mass is 262 g/mol. The standard InChI is InChI=1S/C16H26N2O/c1-13(15-7-8-15)18(2)9-4-10-19-16-6-3-5-14(11-16)12-17/h3,5-6,11,13,15H,4,7-10,12,17H2,1-2H3. The molecule has 0 bridgehead atoms. The second-order valence-electron chi connectivity index (χ2n) is 5.61. The lowest BCUT2D eigenvalue weighted by Crippen LogP contribution is -2.32. The molecule has 1 aliphatic carbocycles. The molecule has 0 heterocycles. The largest absolute Gasteiger partial charge is 0.494 e. The summed E-state index contributed by atoms with van der Waals surface area (Å²) in [6.45, 7) is 4.78. The van der Waals surface area contributed by atoms with Crippen LogP contribution in [0.2, 0.25) is 0 Å². The van der Waals surface area contributed by atoms with E-state index < -0.39 is 0 Å². The Bertz CT molecular complexity index is 390. The van der Waals surface area contributed by atoms with Crippen molar-refractivity contribution >= 4 is 0 Å². The molecule has 106 valence electrons. The third kappa shape index (κ3) is 4.51. The van der Waals surface area contributed by atoms with Gasteiger partial charge in [-0.3, -0.25) is 0 Å². The molecule has 0 radical (unpaired) electrons. The Hall–Kier alpha value is -1.06. The average Bonchev–Trinajstić information content (AvgIpc) is 3.27. The fourth-order valence-electron chi connectivity index (χ4n) is 2.41. The topological polar surface area (TPSA) is 38.5 Å². The zero-order valence-electron chi connectivity index (χ0n) is 12.1. The number of hydrogen-bond acceptors (Lipinski definition) is 3. The van der Waals surface area contributed by atoms with Gasteiger partial charge in [-0.2, -0.15) is 0 Å². The van der Waals surface area contributed by atoms with Crippen LogP contribution >= 0.6 is 0 Å². The second-order valence-corrected chi connectivity index (χ2v) is 5.61. The highest BCUT2D eigenvalue weighted by molar-refractivity contribution is 5.28. The molecule has 3 heteroatoms. The number of benzene rings is 1. The molecular weight excluding hydrogens is 236 g/mol. The van der Waals surface area contributed by atoms with Gasteiger partial charge in [0.15, 0.2) is 0 Å². The summed E-state index contributed by atoms with van der Waals surface area (Å²) in [6.07, 6.45) is 3.89. The zero-order valence-corrected chi connectivity index (χ0v) is 12.1. The smallest absolute Gasteiger partial charge is 0.119 e. The van der Waals surface area contributed by atoms with Gasteiger partial charge in [-0.15, -0.1) is 0 Å². The SMILES string of the molecule is CC(C1CC1)N(C)CCCOc1cccc(CN)c1. The normalized spacial score (nSPS) is 16.6. The van der Waals surface area contributed by atoms with E-state index >= 15 is 0 Å². The van der Waals surface area contributed by atoms with Crippen molar-refractivity contribution in [1.29, 1.82) is 0 Å². The molecule has 0 aromatic heterocycles. The van der Waals surface area contributed by atoms with Crippen molar-refractivity contribution in [2.24, 2.45) is 11.7 Å². The Morgan fingerprint density at radius 1 is 1.42 bits per heavy atom. The second kappa shape index (κ2) is 6.92. The predicted molar refractivity (Wildman–Crippen MR) is 79.3 cm³/mol. The fraction of sp³-hybridized carbons (Fsp3) is 0.625. The molecule has 2 rings (SSSR count). The maximum Gasteiger partial charge on any atom is 0.119 e. The maximum absolute atomic E-state index is 5.77. The molecular formula is C16H26N2O. The van der Waals surface area contributed by atoms with E-state index in [1.165, 1.54) is 12.8 Å². The number of nitrogens with zero attached hydrogens (tertiary/aromatic N) is 1. The van der Waals surface area contributed by atoms with Gasteiger partial charge in [-0.05, 0) is 56.8 Å². The minimum atomic E-state index is 0.568. The fourth-order valence-corrected chi connectivity index (χ4v) is 2.41. The van der Waals surface area contributed by atoms with Crippen LogP contribution in [0.4, 0.5) is 0 Å². The maximum atomic E-state index is 5.77. The summed E-state index contributed by atoms with van der Waals surface area (Å²) in [5.41, 5.74) is 6.74. The lowest BCUT2D eigenvalue weighted by Gasteiger charge is -2.24. The van der Waals surface area contributed by atoms with Crippen LogP contribution in [0.15, 0.2) is 24.3 Å². The first kappa shape index (κ1) is 14.4. The molecule has 1 fully saturated rings. The van der Waals surface area contributed by atoms with Crippen LogP contribution in [0.1, 0.15) is 31.7 Å². The Kier molecular flexibility index (Phi) is 5.23. The third-order valence-corrected chi connectivity index (χ3v) is 4.06. The van der Waals surface area contributed by atoms with Crippen LogP contribution in [-0.4, -0.2) is 31.1 Å². The molecule has 3 nitrogen and oxygen atoms in total. The molecule has 19 heavy (non-hydrogen) atoms. The van der Waals surface area contributed by atoms with Crippen LogP contribution in [0, 0.1) is 5.92 Å². The Morgan fingerprint density at radius 2 is 2.21 bits per heavy atom. The average molecular weight is 262 g/mol. The predicted octanol–water partition coefficient (Wildman–Crippen LogP) is 2.64. The molecule has 1 aromatic carbocycles. The van der Waals surface area contributed by atoms with Crippen molar-refractivity contribution in [3.63, 3.8) is 0 Å². The van der Waals surface area contributed by atoms with Gasteiger partial charge in [-0.1, -0.05) is 12.1 Å². The molecule has 1 saturated carbocycles. The molecule has 0 saturated heterocycles. The number of nitrogens with two attached hydrogens (primary N) is 1. The van der Waals surface area contributed by atoms with E-state index in [1.807, 2.05) is 24.3 Å². The lowest BCUT2D eigenvalue weighted by atomic mass is 10.2. The summed E-state index contributed by atoms with van der Waals surface area (Å²) in [6, 6.07) is 8.77.